The van der Waals surface area contributed by atoms with Gasteiger partial charge in [-0.15, -0.1) is 0 Å². The van der Waals surface area contributed by atoms with Gasteiger partial charge in [0.05, 0.1) is 11.5 Å². The number of hydrogen-bond acceptors (Lipinski definition) is 5. The fourth-order valence-corrected chi connectivity index (χ4v) is 1.35. The SMILES string of the molecule is CN(C)C(=O)CNc1cc(F)c(C(=O)O)cc1[N+](=O)[O-]. The van der Waals surface area contributed by atoms with Crippen LogP contribution >= 0.6 is 0 Å². The molecule has 0 aliphatic heterocycles. The number of amides is 1. The van der Waals surface area contributed by atoms with E-state index >= 15 is 0 Å². The lowest BCUT2D eigenvalue weighted by molar-refractivity contribution is -0.384. The molecule has 0 aliphatic carbocycles. The van der Waals surface area contributed by atoms with Gasteiger partial charge < -0.3 is 15.3 Å². The van der Waals surface area contributed by atoms with E-state index in [-0.39, 0.29) is 18.1 Å². The molecule has 2 N–H and O–H groups in total. The lowest BCUT2D eigenvalue weighted by Gasteiger charge is -2.12. The first kappa shape index (κ1) is 15.3. The Morgan fingerprint density at radius 1 is 1.45 bits per heavy atom. The molecule has 0 aliphatic rings. The molecule has 0 aromatic heterocycles. The number of nitro benzene ring substituents is 1. The second-order valence-corrected chi connectivity index (χ2v) is 4.05. The summed E-state index contributed by atoms with van der Waals surface area (Å²) in [5, 5.41) is 22.0. The number of aromatic carboxylic acids is 1. The van der Waals surface area contributed by atoms with Gasteiger partial charge in [-0.1, -0.05) is 0 Å². The first-order valence-electron chi connectivity index (χ1n) is 5.39. The Bertz CT molecular complexity index is 573. The van der Waals surface area contributed by atoms with Crippen molar-refractivity contribution in [3.8, 4) is 0 Å². The van der Waals surface area contributed by atoms with Crippen molar-refractivity contribution in [2.24, 2.45) is 0 Å². The van der Waals surface area contributed by atoms with Crippen LogP contribution in [0.2, 0.25) is 0 Å². The predicted molar refractivity (Wildman–Crippen MR) is 67.2 cm³/mol. The molecular weight excluding hydrogens is 273 g/mol. The van der Waals surface area contributed by atoms with Crippen molar-refractivity contribution in [1.29, 1.82) is 0 Å². The van der Waals surface area contributed by atoms with Crippen molar-refractivity contribution in [2.45, 2.75) is 0 Å². The van der Waals surface area contributed by atoms with Gasteiger partial charge in [0, 0.05) is 26.2 Å². The van der Waals surface area contributed by atoms with E-state index in [4.69, 9.17) is 5.11 Å². The number of carboxylic acids is 1. The zero-order valence-electron chi connectivity index (χ0n) is 10.7. The van der Waals surface area contributed by atoms with E-state index in [1.54, 1.807) is 0 Å². The summed E-state index contributed by atoms with van der Waals surface area (Å²) in [6.45, 7) is -0.278. The van der Waals surface area contributed by atoms with Crippen LogP contribution in [0, 0.1) is 15.9 Å². The number of nitrogens with zero attached hydrogens (tertiary/aromatic N) is 2. The molecule has 0 spiro atoms. The van der Waals surface area contributed by atoms with Gasteiger partial charge in [0.25, 0.3) is 5.69 Å². The number of likely N-dealkylation sites (N-methyl/N-ethyl adjacent to an activating group) is 1. The van der Waals surface area contributed by atoms with E-state index in [1.807, 2.05) is 0 Å². The second kappa shape index (κ2) is 5.95. The molecule has 0 saturated heterocycles. The molecule has 1 rings (SSSR count). The van der Waals surface area contributed by atoms with E-state index in [0.29, 0.717) is 12.1 Å². The molecule has 108 valence electrons. The summed E-state index contributed by atoms with van der Waals surface area (Å²) in [6.07, 6.45) is 0. The summed E-state index contributed by atoms with van der Waals surface area (Å²) in [7, 11) is 2.99. The summed E-state index contributed by atoms with van der Waals surface area (Å²) in [5.74, 6) is -3.11. The molecule has 0 radical (unpaired) electrons. The van der Waals surface area contributed by atoms with Crippen LogP contribution in [0.15, 0.2) is 12.1 Å². The minimum atomic E-state index is -1.61. The number of nitro groups is 1. The van der Waals surface area contributed by atoms with Crippen molar-refractivity contribution in [1.82, 2.24) is 4.90 Å². The van der Waals surface area contributed by atoms with Crippen LogP contribution in [0.25, 0.3) is 0 Å². The van der Waals surface area contributed by atoms with Crippen LogP contribution in [0.4, 0.5) is 15.8 Å². The highest BCUT2D eigenvalue weighted by atomic mass is 19.1. The van der Waals surface area contributed by atoms with Gasteiger partial charge >= 0.3 is 5.97 Å². The van der Waals surface area contributed by atoms with E-state index in [9.17, 15) is 24.1 Å². The molecule has 1 aromatic carbocycles. The first-order valence-corrected chi connectivity index (χ1v) is 5.39. The maximum atomic E-state index is 13.5. The van der Waals surface area contributed by atoms with E-state index in [0.717, 1.165) is 0 Å². The standard InChI is InChI=1S/C11H12FN3O5/c1-14(2)10(16)5-13-8-4-7(12)6(11(17)18)3-9(8)15(19)20/h3-4,13H,5H2,1-2H3,(H,17,18). The molecule has 0 heterocycles. The molecule has 20 heavy (non-hydrogen) atoms. The average molecular weight is 285 g/mol. The number of carbonyl (C=O) groups excluding carboxylic acids is 1. The third-order valence-corrected chi connectivity index (χ3v) is 2.44. The highest BCUT2D eigenvalue weighted by Crippen LogP contribution is 2.27. The van der Waals surface area contributed by atoms with Crippen molar-refractivity contribution in [2.75, 3.05) is 26.0 Å². The number of nitrogens with one attached hydrogen (secondary N) is 1. The zero-order chi connectivity index (χ0) is 15.4. The maximum Gasteiger partial charge on any atom is 0.338 e. The monoisotopic (exact) mass is 285 g/mol. The van der Waals surface area contributed by atoms with Gasteiger partial charge in [0.1, 0.15) is 17.1 Å². The Kier molecular flexibility index (Phi) is 4.57. The van der Waals surface area contributed by atoms with Crippen LogP contribution in [-0.4, -0.2) is 47.4 Å². The quantitative estimate of drug-likeness (QED) is 0.614. The molecule has 0 saturated carbocycles. The Labute approximate surface area is 113 Å². The number of rotatable bonds is 5. The van der Waals surface area contributed by atoms with Gasteiger partial charge in [0.15, 0.2) is 0 Å². The summed E-state index contributed by atoms with van der Waals surface area (Å²) >= 11 is 0. The lowest BCUT2D eigenvalue weighted by atomic mass is 10.1. The predicted octanol–water partition coefficient (Wildman–Crippen LogP) is 0.932. The summed E-state index contributed by atoms with van der Waals surface area (Å²) in [6, 6.07) is 1.30. The normalized spacial score (nSPS) is 9.95. The Balaban J connectivity index is 3.12. The van der Waals surface area contributed by atoms with Crippen molar-refractivity contribution in [3.63, 3.8) is 0 Å². The Hall–Kier alpha value is -2.71. The topological polar surface area (TPSA) is 113 Å². The third kappa shape index (κ3) is 3.40. The van der Waals surface area contributed by atoms with Crippen LogP contribution in [0.1, 0.15) is 10.4 Å². The summed E-state index contributed by atoms with van der Waals surface area (Å²) in [4.78, 5) is 33.3. The second-order valence-electron chi connectivity index (χ2n) is 4.05. The van der Waals surface area contributed by atoms with Crippen LogP contribution in [0.5, 0.6) is 0 Å². The van der Waals surface area contributed by atoms with Gasteiger partial charge in [0.2, 0.25) is 5.91 Å². The van der Waals surface area contributed by atoms with E-state index < -0.39 is 28.0 Å². The highest BCUT2D eigenvalue weighted by Gasteiger charge is 2.22. The molecule has 8 nitrogen and oxygen atoms in total. The maximum absolute atomic E-state index is 13.5. The minimum absolute atomic E-state index is 0.257. The fraction of sp³-hybridized carbons (Fsp3) is 0.273. The van der Waals surface area contributed by atoms with Crippen LogP contribution in [-0.2, 0) is 4.79 Å². The van der Waals surface area contributed by atoms with Gasteiger partial charge in [-0.2, -0.15) is 0 Å². The van der Waals surface area contributed by atoms with E-state index in [2.05, 4.69) is 5.32 Å². The van der Waals surface area contributed by atoms with Gasteiger partial charge in [-0.3, -0.25) is 14.9 Å². The Morgan fingerprint density at radius 2 is 2.05 bits per heavy atom. The van der Waals surface area contributed by atoms with Crippen LogP contribution < -0.4 is 5.32 Å². The van der Waals surface area contributed by atoms with E-state index in [1.165, 1.54) is 19.0 Å². The number of benzene rings is 1. The largest absolute Gasteiger partial charge is 0.478 e. The van der Waals surface area contributed by atoms with Crippen molar-refractivity contribution < 1.29 is 24.0 Å². The molecule has 0 unspecified atom stereocenters. The number of carboxylic acid groups (broad SMARTS) is 1. The molecular formula is C11H12FN3O5. The molecule has 9 heteroatoms. The molecule has 0 atom stereocenters. The van der Waals surface area contributed by atoms with Crippen molar-refractivity contribution >= 4 is 23.3 Å². The molecule has 0 fully saturated rings. The lowest BCUT2D eigenvalue weighted by Crippen LogP contribution is -2.28. The average Bonchev–Trinajstić information content (AvgIpc) is 2.34. The number of anilines is 1. The van der Waals surface area contributed by atoms with Crippen LogP contribution in [0.3, 0.4) is 0 Å². The third-order valence-electron chi connectivity index (χ3n) is 2.44. The molecule has 1 aromatic rings. The number of hydrogen-bond donors (Lipinski definition) is 2. The Morgan fingerprint density at radius 3 is 2.50 bits per heavy atom. The number of carbonyl (C=O) groups is 2. The molecule has 0 bridgehead atoms. The molecule has 1 amide bonds. The first-order chi connectivity index (χ1) is 9.23. The fourth-order valence-electron chi connectivity index (χ4n) is 1.35. The minimum Gasteiger partial charge on any atom is -0.478 e. The zero-order valence-corrected chi connectivity index (χ0v) is 10.7. The summed E-state index contributed by atoms with van der Waals surface area (Å²) in [5.41, 5.74) is -1.68. The van der Waals surface area contributed by atoms with Gasteiger partial charge in [-0.25, -0.2) is 9.18 Å². The summed E-state index contributed by atoms with van der Waals surface area (Å²) < 4.78 is 13.5. The number of halogens is 1. The van der Waals surface area contributed by atoms with Crippen molar-refractivity contribution in [3.05, 3.63) is 33.6 Å². The highest BCUT2D eigenvalue weighted by molar-refractivity contribution is 5.90. The van der Waals surface area contributed by atoms with Gasteiger partial charge in [-0.05, 0) is 0 Å². The smallest absolute Gasteiger partial charge is 0.338 e.